The molecule has 0 unspecified atom stereocenters. The van der Waals surface area contributed by atoms with E-state index in [0.717, 1.165) is 56.7 Å². The maximum absolute atomic E-state index is 5.43. The highest BCUT2D eigenvalue weighted by Crippen LogP contribution is 2.45. The van der Waals surface area contributed by atoms with Crippen molar-refractivity contribution in [2.45, 2.75) is 59.3 Å². The minimum absolute atomic E-state index is 0.0500. The lowest BCUT2D eigenvalue weighted by Crippen LogP contribution is -2.62. The van der Waals surface area contributed by atoms with E-state index in [-0.39, 0.29) is 17.5 Å². The second-order valence-electron chi connectivity index (χ2n) is 16.3. The number of hydrogen-bond donors (Lipinski definition) is 0. The predicted molar refractivity (Wildman–Crippen MR) is 217 cm³/mol. The van der Waals surface area contributed by atoms with Gasteiger partial charge in [-0.05, 0) is 101 Å². The fourth-order valence-corrected chi connectivity index (χ4v) is 7.80. The number of rotatable bonds is 4. The average molecular weight is 679 g/mol. The summed E-state index contributed by atoms with van der Waals surface area (Å²) >= 11 is 0. The maximum Gasteiger partial charge on any atom is 0.303 e. The topological polar surface area (TPSA) is 42.1 Å². The van der Waals surface area contributed by atoms with E-state index in [2.05, 4.69) is 180 Å². The minimum atomic E-state index is -0.180. The standard InChI is InChI=1S/C45H43BN6/c1-30-26-37-41-38(27-30)52(36-24-20-32(21-25-36)45(5,6)7)40-29-50(34-16-12-9-13-17-34)48-43(40)46(41)42-39(28-49(47-42)33-14-10-8-11-15-33)51(37)35-22-18-31(19-23-35)44(2,3)4/h8-29H,1-7H3. The highest BCUT2D eigenvalue weighted by atomic mass is 15.3. The van der Waals surface area contributed by atoms with E-state index in [1.165, 1.54) is 22.2 Å². The van der Waals surface area contributed by atoms with Crippen LogP contribution in [-0.4, -0.2) is 26.3 Å². The lowest BCUT2D eigenvalue weighted by molar-refractivity contribution is 0.590. The molecule has 2 aromatic heterocycles. The SMILES string of the molecule is Cc1cc2c3c(c1)N(c1ccc(C(C)(C)C)cc1)c1cn(-c4ccccc4)nc1B3c1nn(-c3ccccc3)cc1N2c1ccc(C(C)(C)C)cc1. The monoisotopic (exact) mass is 678 g/mol. The summed E-state index contributed by atoms with van der Waals surface area (Å²) in [6.07, 6.45) is 4.39. The van der Waals surface area contributed by atoms with Gasteiger partial charge in [0, 0.05) is 22.7 Å². The third kappa shape index (κ3) is 5.18. The second kappa shape index (κ2) is 11.6. The number of aromatic nitrogens is 4. The van der Waals surface area contributed by atoms with Crippen LogP contribution >= 0.6 is 0 Å². The molecule has 9 rings (SSSR count). The Morgan fingerprint density at radius 3 is 1.21 bits per heavy atom. The molecule has 6 nitrogen and oxygen atoms in total. The van der Waals surface area contributed by atoms with Crippen molar-refractivity contribution in [3.8, 4) is 11.4 Å². The van der Waals surface area contributed by atoms with Crippen LogP contribution in [0.1, 0.15) is 58.2 Å². The summed E-state index contributed by atoms with van der Waals surface area (Å²) in [6, 6.07) is 43.6. The largest absolute Gasteiger partial charge is 0.308 e. The first-order valence-corrected chi connectivity index (χ1v) is 18.2. The zero-order valence-electron chi connectivity index (χ0n) is 31.0. The molecule has 2 aliphatic heterocycles. The van der Waals surface area contributed by atoms with Crippen LogP contribution in [0.3, 0.4) is 0 Å². The molecule has 0 amide bonds. The van der Waals surface area contributed by atoms with Crippen molar-refractivity contribution in [3.63, 3.8) is 0 Å². The lowest BCUT2D eigenvalue weighted by atomic mass is 9.37. The van der Waals surface area contributed by atoms with E-state index in [4.69, 9.17) is 10.2 Å². The molecular weight excluding hydrogens is 635 g/mol. The number of hydrogen-bond acceptors (Lipinski definition) is 4. The molecule has 0 spiro atoms. The van der Waals surface area contributed by atoms with Crippen LogP contribution < -0.4 is 26.4 Å². The Bertz CT molecular complexity index is 2260. The highest BCUT2D eigenvalue weighted by Gasteiger charge is 2.47. The summed E-state index contributed by atoms with van der Waals surface area (Å²) in [7, 11) is 0. The number of fused-ring (bicyclic) bond motifs is 4. The Morgan fingerprint density at radius 2 is 0.846 bits per heavy atom. The number of benzene rings is 5. The van der Waals surface area contributed by atoms with Crippen molar-refractivity contribution >= 4 is 57.5 Å². The molecule has 4 heterocycles. The van der Waals surface area contributed by atoms with Crippen molar-refractivity contribution in [1.29, 1.82) is 0 Å². The van der Waals surface area contributed by atoms with Crippen LogP contribution in [0.4, 0.5) is 34.1 Å². The number of nitrogens with zero attached hydrogens (tertiary/aromatic N) is 6. The molecule has 0 bridgehead atoms. The van der Waals surface area contributed by atoms with Crippen LogP contribution in [-0.2, 0) is 10.8 Å². The van der Waals surface area contributed by atoms with Gasteiger partial charge >= 0.3 is 6.71 Å². The maximum atomic E-state index is 5.43. The van der Waals surface area contributed by atoms with Gasteiger partial charge in [0.05, 0.1) is 46.3 Å². The van der Waals surface area contributed by atoms with Gasteiger partial charge < -0.3 is 9.80 Å². The Kier molecular flexibility index (Phi) is 7.17. The normalized spacial score (nSPS) is 13.6. The van der Waals surface area contributed by atoms with E-state index in [0.29, 0.717) is 0 Å². The quantitative estimate of drug-likeness (QED) is 0.174. The number of aryl methyl sites for hydroxylation is 1. The molecule has 0 N–H and O–H groups in total. The Balaban J connectivity index is 1.33. The first kappa shape index (κ1) is 32.1. The van der Waals surface area contributed by atoms with E-state index >= 15 is 0 Å². The molecule has 2 aliphatic rings. The predicted octanol–water partition coefficient (Wildman–Crippen LogP) is 9.04. The summed E-state index contributed by atoms with van der Waals surface area (Å²) in [6.45, 7) is 15.6. The third-order valence-electron chi connectivity index (χ3n) is 10.5. The Labute approximate surface area is 307 Å². The molecule has 0 saturated carbocycles. The van der Waals surface area contributed by atoms with Gasteiger partial charge in [-0.2, -0.15) is 10.2 Å². The molecule has 256 valence electrons. The van der Waals surface area contributed by atoms with E-state index < -0.39 is 0 Å². The summed E-state index contributed by atoms with van der Waals surface area (Å²) in [4.78, 5) is 4.83. The third-order valence-corrected chi connectivity index (χ3v) is 10.5. The van der Waals surface area contributed by atoms with E-state index in [1.54, 1.807) is 0 Å². The number of anilines is 6. The zero-order valence-corrected chi connectivity index (χ0v) is 31.0. The molecule has 0 saturated heterocycles. The zero-order chi connectivity index (χ0) is 35.9. The highest BCUT2D eigenvalue weighted by molar-refractivity contribution is 6.99. The minimum Gasteiger partial charge on any atom is -0.308 e. The van der Waals surface area contributed by atoms with Crippen LogP contribution in [0.2, 0.25) is 0 Å². The smallest absolute Gasteiger partial charge is 0.303 e. The van der Waals surface area contributed by atoms with Gasteiger partial charge in [0.25, 0.3) is 0 Å². The van der Waals surface area contributed by atoms with Crippen molar-refractivity contribution in [3.05, 3.63) is 150 Å². The van der Waals surface area contributed by atoms with Gasteiger partial charge in [0.2, 0.25) is 0 Å². The van der Waals surface area contributed by atoms with Crippen LogP contribution in [0.25, 0.3) is 11.4 Å². The van der Waals surface area contributed by atoms with Gasteiger partial charge in [-0.25, -0.2) is 9.36 Å². The average Bonchev–Trinajstić information content (AvgIpc) is 3.77. The molecule has 5 aromatic carbocycles. The van der Waals surface area contributed by atoms with Crippen molar-refractivity contribution in [2.24, 2.45) is 0 Å². The summed E-state index contributed by atoms with van der Waals surface area (Å²) in [5.74, 6) is 0. The van der Waals surface area contributed by atoms with Crippen molar-refractivity contribution in [2.75, 3.05) is 9.80 Å². The van der Waals surface area contributed by atoms with E-state index in [9.17, 15) is 0 Å². The Morgan fingerprint density at radius 1 is 0.462 bits per heavy atom. The van der Waals surface area contributed by atoms with Gasteiger partial charge in [-0.3, -0.25) is 0 Å². The van der Waals surface area contributed by atoms with Gasteiger partial charge in [0.15, 0.2) is 0 Å². The molecular formula is C45H43BN6. The van der Waals surface area contributed by atoms with Gasteiger partial charge in [-0.15, -0.1) is 0 Å². The first-order valence-electron chi connectivity index (χ1n) is 18.2. The molecule has 52 heavy (non-hydrogen) atoms. The number of para-hydroxylation sites is 2. The first-order chi connectivity index (χ1) is 25.0. The van der Waals surface area contributed by atoms with Crippen LogP contribution in [0, 0.1) is 6.92 Å². The van der Waals surface area contributed by atoms with Crippen molar-refractivity contribution in [1.82, 2.24) is 19.6 Å². The van der Waals surface area contributed by atoms with Crippen LogP contribution in [0.15, 0.2) is 134 Å². The molecule has 7 heteroatoms. The fourth-order valence-electron chi connectivity index (χ4n) is 7.80. The Hall–Kier alpha value is -5.82. The van der Waals surface area contributed by atoms with Gasteiger partial charge in [0.1, 0.15) is 0 Å². The second-order valence-corrected chi connectivity index (χ2v) is 16.3. The molecule has 0 radical (unpaired) electrons. The molecule has 0 atom stereocenters. The molecule has 0 aliphatic carbocycles. The van der Waals surface area contributed by atoms with Crippen molar-refractivity contribution < 1.29 is 0 Å². The molecule has 7 aromatic rings. The summed E-state index contributed by atoms with van der Waals surface area (Å²) in [5.41, 5.74) is 15.8. The summed E-state index contributed by atoms with van der Waals surface area (Å²) < 4.78 is 4.07. The van der Waals surface area contributed by atoms with Gasteiger partial charge in [-0.1, -0.05) is 102 Å². The fraction of sp³-hybridized carbons (Fsp3) is 0.200. The van der Waals surface area contributed by atoms with Crippen LogP contribution in [0.5, 0.6) is 0 Å². The summed E-state index contributed by atoms with van der Waals surface area (Å²) in [5, 5.41) is 10.9. The molecule has 0 fully saturated rings. The lowest BCUT2D eigenvalue weighted by Gasteiger charge is -2.41. The van der Waals surface area contributed by atoms with E-state index in [1.807, 2.05) is 21.5 Å².